The highest BCUT2D eigenvalue weighted by Crippen LogP contribution is 2.36. The first-order valence-corrected chi connectivity index (χ1v) is 17.2. The lowest BCUT2D eigenvalue weighted by atomic mass is 9.81. The minimum Gasteiger partial charge on any atom is -0.393 e. The molecule has 0 spiro atoms. The lowest BCUT2D eigenvalue weighted by Gasteiger charge is -2.27. The third-order valence-corrected chi connectivity index (χ3v) is 10.6. The second-order valence-corrected chi connectivity index (χ2v) is 14.5. The van der Waals surface area contributed by atoms with Gasteiger partial charge in [0.1, 0.15) is 5.01 Å². The number of likely N-dealkylation sites (tertiary alicyclic amines) is 1. The van der Waals surface area contributed by atoms with E-state index in [1.807, 2.05) is 42.6 Å². The second-order valence-electron chi connectivity index (χ2n) is 11.6. The van der Waals surface area contributed by atoms with Crippen molar-refractivity contribution in [2.45, 2.75) is 75.3 Å². The van der Waals surface area contributed by atoms with Crippen molar-refractivity contribution < 1.29 is 23.1 Å². The van der Waals surface area contributed by atoms with Crippen LogP contribution in [0.1, 0.15) is 88.0 Å². The van der Waals surface area contributed by atoms with Gasteiger partial charge in [0.05, 0.1) is 17.0 Å². The molecule has 1 saturated heterocycles. The summed E-state index contributed by atoms with van der Waals surface area (Å²) in [5.74, 6) is -0.731. The predicted octanol–water partition coefficient (Wildman–Crippen LogP) is 5.82. The topological polar surface area (TPSA) is 105 Å². The fraction of sp³-hybridized carbons (Fsp3) is 0.469. The van der Waals surface area contributed by atoms with E-state index in [0.29, 0.717) is 13.0 Å². The Balaban J connectivity index is 1.44. The van der Waals surface area contributed by atoms with Crippen molar-refractivity contribution in [3.63, 3.8) is 0 Å². The number of aryl methyl sites for hydroxylation is 1. The maximum absolute atomic E-state index is 13.8. The number of carbonyl (C=O) groups is 2. The highest BCUT2D eigenvalue weighted by molar-refractivity contribution is 7.90. The standard InChI is InChI=1S/C32H38N2O5S2/c1-21-20-40-31(33-21)28-13-8-14-34(28)32(37)26-16-24(17-27(18-26)41(2,38)39)29(35)19-25(15-22-9-4-3-5-10-22)30(36)23-11-6-7-12-23/h3-5,9-10,16-18,20,23,25,28,30,36H,6-8,11-15,19H2,1-2H3/t25-,28-,30-/m1/s1. The van der Waals surface area contributed by atoms with Crippen LogP contribution in [0.3, 0.4) is 0 Å². The number of carbonyl (C=O) groups excluding carboxylic acids is 2. The first kappa shape index (κ1) is 29.6. The molecule has 9 heteroatoms. The van der Waals surface area contributed by atoms with Crippen molar-refractivity contribution in [2.75, 3.05) is 12.8 Å². The molecule has 1 amide bonds. The molecular weight excluding hydrogens is 556 g/mol. The normalized spacial score (nSPS) is 19.4. The quantitative estimate of drug-likeness (QED) is 0.297. The summed E-state index contributed by atoms with van der Waals surface area (Å²) in [4.78, 5) is 33.9. The fourth-order valence-corrected chi connectivity index (χ4v) is 7.95. The zero-order valence-electron chi connectivity index (χ0n) is 23.7. The maximum Gasteiger partial charge on any atom is 0.254 e. The van der Waals surface area contributed by atoms with Gasteiger partial charge in [0, 0.05) is 41.4 Å². The number of benzene rings is 2. The van der Waals surface area contributed by atoms with Gasteiger partial charge in [-0.05, 0) is 74.6 Å². The summed E-state index contributed by atoms with van der Waals surface area (Å²) < 4.78 is 25.3. The van der Waals surface area contributed by atoms with E-state index in [9.17, 15) is 23.1 Å². The Bertz CT molecular complexity index is 1500. The van der Waals surface area contributed by atoms with Crippen molar-refractivity contribution in [1.82, 2.24) is 9.88 Å². The van der Waals surface area contributed by atoms with E-state index in [0.717, 1.165) is 61.0 Å². The summed E-state index contributed by atoms with van der Waals surface area (Å²) in [6.07, 6.45) is 6.72. The van der Waals surface area contributed by atoms with E-state index in [1.165, 1.54) is 29.5 Å². The Morgan fingerprint density at radius 3 is 2.41 bits per heavy atom. The van der Waals surface area contributed by atoms with Crippen molar-refractivity contribution in [2.24, 2.45) is 11.8 Å². The molecule has 1 saturated carbocycles. The van der Waals surface area contributed by atoms with Crippen LogP contribution in [0.2, 0.25) is 0 Å². The minimum atomic E-state index is -3.69. The predicted molar refractivity (Wildman–Crippen MR) is 160 cm³/mol. The Kier molecular flexibility index (Phi) is 9.06. The number of sulfone groups is 1. The van der Waals surface area contributed by atoms with Crippen molar-refractivity contribution >= 4 is 32.9 Å². The van der Waals surface area contributed by atoms with Crippen molar-refractivity contribution in [1.29, 1.82) is 0 Å². The molecule has 5 rings (SSSR count). The molecule has 1 aromatic heterocycles. The summed E-state index contributed by atoms with van der Waals surface area (Å²) >= 11 is 1.52. The van der Waals surface area contributed by atoms with Crippen molar-refractivity contribution in [3.05, 3.63) is 81.3 Å². The van der Waals surface area contributed by atoms with Crippen LogP contribution in [0.5, 0.6) is 0 Å². The van der Waals surface area contributed by atoms with Gasteiger partial charge in [0.25, 0.3) is 5.91 Å². The van der Waals surface area contributed by atoms with Gasteiger partial charge in [-0.15, -0.1) is 11.3 Å². The first-order chi connectivity index (χ1) is 19.6. The number of aromatic nitrogens is 1. The molecule has 1 N–H and O–H groups in total. The van der Waals surface area contributed by atoms with Crippen LogP contribution in [0.25, 0.3) is 0 Å². The van der Waals surface area contributed by atoms with E-state index >= 15 is 0 Å². The second kappa shape index (κ2) is 12.5. The Morgan fingerprint density at radius 2 is 1.76 bits per heavy atom. The third-order valence-electron chi connectivity index (χ3n) is 8.49. The molecule has 2 aliphatic rings. The van der Waals surface area contributed by atoms with Crippen LogP contribution in [-0.2, 0) is 16.3 Å². The van der Waals surface area contributed by atoms with Gasteiger partial charge >= 0.3 is 0 Å². The van der Waals surface area contributed by atoms with Crippen LogP contribution >= 0.6 is 11.3 Å². The molecule has 3 atom stereocenters. The maximum atomic E-state index is 13.8. The average Bonchev–Trinajstić information content (AvgIpc) is 3.74. The van der Waals surface area contributed by atoms with E-state index in [4.69, 9.17) is 0 Å². The minimum absolute atomic E-state index is 0.0523. The van der Waals surface area contributed by atoms with Gasteiger partial charge in [0.2, 0.25) is 0 Å². The zero-order valence-corrected chi connectivity index (χ0v) is 25.3. The number of thiazole rings is 1. The summed E-state index contributed by atoms with van der Waals surface area (Å²) in [5, 5.41) is 14.2. The van der Waals surface area contributed by atoms with E-state index in [-0.39, 0.29) is 52.0 Å². The summed E-state index contributed by atoms with van der Waals surface area (Å²) in [6.45, 7) is 2.46. The highest BCUT2D eigenvalue weighted by Gasteiger charge is 2.35. The van der Waals surface area contributed by atoms with E-state index in [2.05, 4.69) is 4.98 Å². The zero-order chi connectivity index (χ0) is 29.1. The van der Waals surface area contributed by atoms with Gasteiger partial charge in [0.15, 0.2) is 15.6 Å². The van der Waals surface area contributed by atoms with Crippen LogP contribution < -0.4 is 0 Å². The summed E-state index contributed by atoms with van der Waals surface area (Å²) in [7, 11) is -3.69. The number of ketones is 1. The third kappa shape index (κ3) is 6.96. The van der Waals surface area contributed by atoms with E-state index < -0.39 is 15.9 Å². The Labute approximate surface area is 246 Å². The Hall–Kier alpha value is -2.88. The molecule has 0 unspecified atom stereocenters. The van der Waals surface area contributed by atoms with Crippen LogP contribution in [0.4, 0.5) is 0 Å². The molecule has 218 valence electrons. The number of hydrogen-bond acceptors (Lipinski definition) is 7. The molecule has 2 aromatic carbocycles. The average molecular weight is 595 g/mol. The van der Waals surface area contributed by atoms with Gasteiger partial charge in [-0.3, -0.25) is 9.59 Å². The molecule has 1 aliphatic heterocycles. The number of hydrogen-bond donors (Lipinski definition) is 1. The Morgan fingerprint density at radius 1 is 1.05 bits per heavy atom. The van der Waals surface area contributed by atoms with Crippen molar-refractivity contribution in [3.8, 4) is 0 Å². The number of Topliss-reactive ketones (excluding diaryl/α,β-unsaturated/α-hetero) is 1. The molecule has 2 fully saturated rings. The molecule has 7 nitrogen and oxygen atoms in total. The number of rotatable bonds is 10. The monoisotopic (exact) mass is 594 g/mol. The number of aliphatic hydroxyl groups excluding tert-OH is 1. The molecule has 0 radical (unpaired) electrons. The van der Waals surface area contributed by atoms with Crippen LogP contribution in [0.15, 0.2) is 58.8 Å². The lowest BCUT2D eigenvalue weighted by molar-refractivity contribution is 0.0456. The lowest BCUT2D eigenvalue weighted by Crippen LogP contribution is -2.32. The summed E-state index contributed by atoms with van der Waals surface area (Å²) in [6, 6.07) is 13.9. The summed E-state index contributed by atoms with van der Waals surface area (Å²) in [5.41, 5.74) is 2.32. The van der Waals surface area contributed by atoms with Gasteiger partial charge in [-0.1, -0.05) is 43.2 Å². The van der Waals surface area contributed by atoms with E-state index in [1.54, 1.807) is 4.90 Å². The molecule has 41 heavy (non-hydrogen) atoms. The molecule has 1 aliphatic carbocycles. The number of amides is 1. The van der Waals surface area contributed by atoms with Gasteiger partial charge < -0.3 is 10.0 Å². The SMILES string of the molecule is Cc1csc([C@H]2CCCN2C(=O)c2cc(C(=O)C[C@@H](Cc3ccccc3)[C@H](O)C3CCCC3)cc(S(C)(=O)=O)c2)n1. The molecule has 2 heterocycles. The smallest absolute Gasteiger partial charge is 0.254 e. The first-order valence-electron chi connectivity index (χ1n) is 14.4. The fourth-order valence-electron chi connectivity index (χ4n) is 6.33. The molecule has 3 aromatic rings. The molecular formula is C32H38N2O5S2. The number of nitrogens with zero attached hydrogens (tertiary/aromatic N) is 2. The van der Waals surface area contributed by atoms with Crippen LogP contribution in [0, 0.1) is 18.8 Å². The van der Waals surface area contributed by atoms with Gasteiger partial charge in [-0.2, -0.15) is 0 Å². The van der Waals surface area contributed by atoms with Crippen LogP contribution in [-0.4, -0.2) is 54.0 Å². The number of aliphatic hydroxyl groups is 1. The highest BCUT2D eigenvalue weighted by atomic mass is 32.2. The van der Waals surface area contributed by atoms with Gasteiger partial charge in [-0.25, -0.2) is 13.4 Å². The largest absolute Gasteiger partial charge is 0.393 e. The molecule has 0 bridgehead atoms.